The highest BCUT2D eigenvalue weighted by Crippen LogP contribution is 2.30. The van der Waals surface area contributed by atoms with E-state index in [-0.39, 0.29) is 0 Å². The molecular formula is C15H24N2O2. The number of ether oxygens (including phenoxy) is 1. The molecule has 1 aromatic heterocycles. The van der Waals surface area contributed by atoms with Crippen LogP contribution in [-0.4, -0.2) is 47.8 Å². The average molecular weight is 264 g/mol. The summed E-state index contributed by atoms with van der Waals surface area (Å²) in [5.41, 5.74) is 2.42. The van der Waals surface area contributed by atoms with E-state index < -0.39 is 5.60 Å². The fourth-order valence-corrected chi connectivity index (χ4v) is 2.77. The SMILES string of the molecule is COc1c(C)cnc(CC2(O)CCN(C)CC2)c1C. The van der Waals surface area contributed by atoms with Gasteiger partial charge in [0.15, 0.2) is 0 Å². The Morgan fingerprint density at radius 1 is 1.37 bits per heavy atom. The molecule has 0 atom stereocenters. The van der Waals surface area contributed by atoms with Gasteiger partial charge in [-0.05, 0) is 33.7 Å². The Bertz CT molecular complexity index is 452. The van der Waals surface area contributed by atoms with Crippen LogP contribution in [0.25, 0.3) is 0 Å². The minimum absolute atomic E-state index is 0.614. The molecule has 0 aliphatic carbocycles. The molecule has 1 aliphatic heterocycles. The first kappa shape index (κ1) is 14.3. The molecule has 2 heterocycles. The van der Waals surface area contributed by atoms with Crippen molar-refractivity contribution in [2.24, 2.45) is 0 Å². The Morgan fingerprint density at radius 2 is 2.00 bits per heavy atom. The Hall–Kier alpha value is -1.13. The first-order chi connectivity index (χ1) is 8.95. The molecule has 4 nitrogen and oxygen atoms in total. The quantitative estimate of drug-likeness (QED) is 0.902. The molecular weight excluding hydrogens is 240 g/mol. The number of aryl methyl sites for hydroxylation is 1. The van der Waals surface area contributed by atoms with E-state index in [0.29, 0.717) is 6.42 Å². The van der Waals surface area contributed by atoms with E-state index in [9.17, 15) is 5.11 Å². The average Bonchev–Trinajstić information content (AvgIpc) is 2.38. The normalized spacial score (nSPS) is 19.4. The van der Waals surface area contributed by atoms with Crippen molar-refractivity contribution in [1.29, 1.82) is 0 Å². The number of piperidine rings is 1. The predicted octanol–water partition coefficient (Wildman–Crippen LogP) is 1.71. The first-order valence-corrected chi connectivity index (χ1v) is 6.85. The van der Waals surface area contributed by atoms with E-state index in [1.165, 1.54) is 0 Å². The van der Waals surface area contributed by atoms with Crippen LogP contribution in [-0.2, 0) is 6.42 Å². The number of nitrogens with zero attached hydrogens (tertiary/aromatic N) is 2. The minimum Gasteiger partial charge on any atom is -0.496 e. The van der Waals surface area contributed by atoms with Gasteiger partial charge in [0, 0.05) is 42.5 Å². The molecule has 1 N–H and O–H groups in total. The summed E-state index contributed by atoms with van der Waals surface area (Å²) in [7, 11) is 3.78. The van der Waals surface area contributed by atoms with E-state index >= 15 is 0 Å². The van der Waals surface area contributed by atoms with Gasteiger partial charge in [0.25, 0.3) is 0 Å². The lowest BCUT2D eigenvalue weighted by Crippen LogP contribution is -2.44. The molecule has 0 aromatic carbocycles. The molecule has 1 aromatic rings. The van der Waals surface area contributed by atoms with E-state index in [1.807, 2.05) is 20.0 Å². The van der Waals surface area contributed by atoms with Crippen molar-refractivity contribution in [2.75, 3.05) is 27.2 Å². The summed E-state index contributed by atoms with van der Waals surface area (Å²) in [4.78, 5) is 6.75. The second-order valence-electron chi connectivity index (χ2n) is 5.75. The van der Waals surface area contributed by atoms with Gasteiger partial charge in [-0.1, -0.05) is 0 Å². The van der Waals surface area contributed by atoms with E-state index in [4.69, 9.17) is 4.74 Å². The van der Waals surface area contributed by atoms with Crippen molar-refractivity contribution in [3.05, 3.63) is 23.0 Å². The third-order valence-electron chi connectivity index (χ3n) is 4.16. The minimum atomic E-state index is -0.620. The molecule has 0 radical (unpaired) electrons. The maximum absolute atomic E-state index is 10.7. The monoisotopic (exact) mass is 264 g/mol. The summed E-state index contributed by atoms with van der Waals surface area (Å²) < 4.78 is 5.43. The Kier molecular flexibility index (Phi) is 4.11. The molecule has 0 amide bonds. The topological polar surface area (TPSA) is 45.6 Å². The van der Waals surface area contributed by atoms with Crippen LogP contribution in [0.2, 0.25) is 0 Å². The zero-order valence-corrected chi connectivity index (χ0v) is 12.4. The van der Waals surface area contributed by atoms with Crippen LogP contribution in [0.15, 0.2) is 6.20 Å². The number of aliphatic hydroxyl groups is 1. The van der Waals surface area contributed by atoms with Crippen LogP contribution in [0.5, 0.6) is 5.75 Å². The van der Waals surface area contributed by atoms with Gasteiger partial charge in [0.1, 0.15) is 5.75 Å². The Morgan fingerprint density at radius 3 is 2.58 bits per heavy atom. The highest BCUT2D eigenvalue weighted by atomic mass is 16.5. The Balaban J connectivity index is 2.19. The van der Waals surface area contributed by atoms with Gasteiger partial charge >= 0.3 is 0 Å². The van der Waals surface area contributed by atoms with Crippen molar-refractivity contribution in [1.82, 2.24) is 9.88 Å². The number of methoxy groups -OCH3 is 1. The van der Waals surface area contributed by atoms with Crippen molar-refractivity contribution in [2.45, 2.75) is 38.7 Å². The van der Waals surface area contributed by atoms with Crippen molar-refractivity contribution < 1.29 is 9.84 Å². The second kappa shape index (κ2) is 5.47. The summed E-state index contributed by atoms with van der Waals surface area (Å²) in [6.45, 7) is 5.90. The van der Waals surface area contributed by atoms with Gasteiger partial charge < -0.3 is 14.7 Å². The molecule has 106 valence electrons. The maximum Gasteiger partial charge on any atom is 0.128 e. The molecule has 1 saturated heterocycles. The van der Waals surface area contributed by atoms with Crippen LogP contribution in [0.1, 0.15) is 29.7 Å². The van der Waals surface area contributed by atoms with Crippen molar-refractivity contribution >= 4 is 0 Å². The zero-order chi connectivity index (χ0) is 14.0. The fraction of sp³-hybridized carbons (Fsp3) is 0.667. The number of hydrogen-bond donors (Lipinski definition) is 1. The van der Waals surface area contributed by atoms with Gasteiger partial charge in [-0.2, -0.15) is 0 Å². The molecule has 0 bridgehead atoms. The summed E-state index contributed by atoms with van der Waals surface area (Å²) in [6, 6.07) is 0. The summed E-state index contributed by atoms with van der Waals surface area (Å²) in [5.74, 6) is 0.890. The number of hydrogen-bond acceptors (Lipinski definition) is 4. The lowest BCUT2D eigenvalue weighted by Gasteiger charge is -2.36. The maximum atomic E-state index is 10.7. The number of aromatic nitrogens is 1. The van der Waals surface area contributed by atoms with E-state index in [1.54, 1.807) is 7.11 Å². The van der Waals surface area contributed by atoms with Crippen LogP contribution in [0.3, 0.4) is 0 Å². The number of pyridine rings is 1. The smallest absolute Gasteiger partial charge is 0.128 e. The second-order valence-corrected chi connectivity index (χ2v) is 5.75. The van der Waals surface area contributed by atoms with E-state index in [2.05, 4.69) is 16.9 Å². The highest BCUT2D eigenvalue weighted by molar-refractivity contribution is 5.41. The first-order valence-electron chi connectivity index (χ1n) is 6.85. The fourth-order valence-electron chi connectivity index (χ4n) is 2.77. The summed E-state index contributed by atoms with van der Waals surface area (Å²) in [5, 5.41) is 10.7. The summed E-state index contributed by atoms with van der Waals surface area (Å²) >= 11 is 0. The molecule has 19 heavy (non-hydrogen) atoms. The molecule has 2 rings (SSSR count). The van der Waals surface area contributed by atoms with Crippen LogP contribution in [0.4, 0.5) is 0 Å². The van der Waals surface area contributed by atoms with Gasteiger partial charge in [0.2, 0.25) is 0 Å². The zero-order valence-electron chi connectivity index (χ0n) is 12.4. The predicted molar refractivity (Wildman–Crippen MR) is 75.6 cm³/mol. The third-order valence-corrected chi connectivity index (χ3v) is 4.16. The Labute approximate surface area is 115 Å². The van der Waals surface area contributed by atoms with Gasteiger partial charge in [-0.15, -0.1) is 0 Å². The molecule has 4 heteroatoms. The summed E-state index contributed by atoms with van der Waals surface area (Å²) in [6.07, 6.45) is 4.06. The van der Waals surface area contributed by atoms with Crippen molar-refractivity contribution in [3.8, 4) is 5.75 Å². The molecule has 0 spiro atoms. The highest BCUT2D eigenvalue weighted by Gasteiger charge is 2.32. The van der Waals surface area contributed by atoms with Gasteiger partial charge in [-0.3, -0.25) is 4.98 Å². The number of likely N-dealkylation sites (tertiary alicyclic amines) is 1. The lowest BCUT2D eigenvalue weighted by atomic mass is 9.86. The van der Waals surface area contributed by atoms with Crippen LogP contribution >= 0.6 is 0 Å². The molecule has 1 fully saturated rings. The van der Waals surface area contributed by atoms with Crippen LogP contribution < -0.4 is 4.74 Å². The van der Waals surface area contributed by atoms with Gasteiger partial charge in [-0.25, -0.2) is 0 Å². The van der Waals surface area contributed by atoms with Gasteiger partial charge in [0.05, 0.1) is 12.7 Å². The van der Waals surface area contributed by atoms with Crippen LogP contribution in [0, 0.1) is 13.8 Å². The third kappa shape index (κ3) is 3.07. The van der Waals surface area contributed by atoms with Crippen molar-refractivity contribution in [3.63, 3.8) is 0 Å². The molecule has 0 saturated carbocycles. The number of rotatable bonds is 3. The molecule has 1 aliphatic rings. The molecule has 0 unspecified atom stereocenters. The standard InChI is InChI=1S/C15H24N2O2/c1-11-10-16-13(12(2)14(11)19-4)9-15(18)5-7-17(3)8-6-15/h10,18H,5-9H2,1-4H3. The largest absolute Gasteiger partial charge is 0.496 e. The van der Waals surface area contributed by atoms with E-state index in [0.717, 1.165) is 48.5 Å². The lowest BCUT2D eigenvalue weighted by molar-refractivity contribution is -0.0158.